The molecule has 1 aromatic rings. The molecule has 7 nitrogen and oxygen atoms in total. The average molecular weight is 593 g/mol. The number of carbonyl (C=O) groups is 2. The summed E-state index contributed by atoms with van der Waals surface area (Å²) >= 11 is 1.29. The molecule has 0 bridgehead atoms. The fourth-order valence-electron chi connectivity index (χ4n) is 5.12. The van der Waals surface area contributed by atoms with E-state index in [1.165, 1.54) is 11.8 Å². The first kappa shape index (κ1) is 36.7. The number of nitrogens with zero attached hydrogens (tertiary/aromatic N) is 1. The van der Waals surface area contributed by atoms with Crippen molar-refractivity contribution in [2.24, 2.45) is 23.4 Å². The van der Waals surface area contributed by atoms with Crippen molar-refractivity contribution in [1.82, 2.24) is 0 Å². The Hall–Kier alpha value is -2.36. The van der Waals surface area contributed by atoms with Crippen molar-refractivity contribution in [2.45, 2.75) is 107 Å². The highest BCUT2D eigenvalue weighted by atomic mass is 32.2. The Kier molecular flexibility index (Phi) is 15.7. The minimum atomic E-state index is -1.32. The molecular formula is C32H53FN4O3S. The summed E-state index contributed by atoms with van der Waals surface area (Å²) in [6, 6.07) is -0.0161. The first-order chi connectivity index (χ1) is 19.4. The molecule has 1 fully saturated rings. The summed E-state index contributed by atoms with van der Waals surface area (Å²) in [7, 11) is 0. The monoisotopic (exact) mass is 592 g/mol. The fourth-order valence-corrected chi connectivity index (χ4v) is 6.12. The number of hydrogen-bond donors (Lipinski definition) is 4. The molecule has 1 saturated heterocycles. The second-order valence-electron chi connectivity index (χ2n) is 11.0. The van der Waals surface area contributed by atoms with Gasteiger partial charge in [0.05, 0.1) is 16.9 Å². The molecule has 1 aliphatic heterocycles. The van der Waals surface area contributed by atoms with Crippen LogP contribution >= 0.6 is 11.8 Å². The van der Waals surface area contributed by atoms with Gasteiger partial charge in [0.2, 0.25) is 5.78 Å². The largest absolute Gasteiger partial charge is 0.478 e. The van der Waals surface area contributed by atoms with Gasteiger partial charge in [0.15, 0.2) is 5.82 Å². The summed E-state index contributed by atoms with van der Waals surface area (Å²) in [6.45, 7) is 19.0. The molecule has 232 valence electrons. The summed E-state index contributed by atoms with van der Waals surface area (Å²) < 4.78 is 16.0. The fraction of sp³-hybridized carbons (Fsp3) is 0.625. The van der Waals surface area contributed by atoms with Crippen molar-refractivity contribution in [3.05, 3.63) is 44.0 Å². The Labute approximate surface area is 251 Å². The molecule has 0 saturated carbocycles. The molecule has 0 spiro atoms. The maximum absolute atomic E-state index is 16.0. The minimum Gasteiger partial charge on any atom is -0.478 e. The number of nitrogens with one attached hydrogen (secondary N) is 1. The lowest BCUT2D eigenvalue weighted by atomic mass is 9.91. The van der Waals surface area contributed by atoms with Crippen molar-refractivity contribution in [2.75, 3.05) is 23.4 Å². The number of thioether (sulfide) groups is 1. The predicted molar refractivity (Wildman–Crippen MR) is 173 cm³/mol. The summed E-state index contributed by atoms with van der Waals surface area (Å²) in [5, 5.41) is 12.2. The van der Waals surface area contributed by atoms with Gasteiger partial charge in [-0.2, -0.15) is 0 Å². The molecular weight excluding hydrogens is 539 g/mol. The summed E-state index contributed by atoms with van der Waals surface area (Å²) in [5.74, 6) is 3.82. The maximum atomic E-state index is 16.0. The van der Waals surface area contributed by atoms with E-state index in [9.17, 15) is 14.7 Å². The van der Waals surface area contributed by atoms with Crippen molar-refractivity contribution < 1.29 is 19.1 Å². The first-order valence-corrected chi connectivity index (χ1v) is 15.9. The number of rotatable bonds is 14. The lowest BCUT2D eigenvalue weighted by molar-refractivity contribution is -0.132. The van der Waals surface area contributed by atoms with E-state index in [1.54, 1.807) is 13.8 Å². The van der Waals surface area contributed by atoms with Crippen LogP contribution in [-0.4, -0.2) is 36.0 Å². The molecule has 3 unspecified atom stereocenters. The van der Waals surface area contributed by atoms with Crippen LogP contribution in [0.15, 0.2) is 21.5 Å². The van der Waals surface area contributed by atoms with E-state index in [1.807, 2.05) is 44.9 Å². The molecule has 3 atom stereocenters. The van der Waals surface area contributed by atoms with Gasteiger partial charge in [-0.05, 0) is 81.7 Å². The Morgan fingerprint density at radius 2 is 1.85 bits per heavy atom. The summed E-state index contributed by atoms with van der Waals surface area (Å²) in [4.78, 5) is 29.0. The van der Waals surface area contributed by atoms with E-state index in [-0.39, 0.29) is 28.8 Å². The van der Waals surface area contributed by atoms with E-state index >= 15 is 4.39 Å². The van der Waals surface area contributed by atoms with Gasteiger partial charge in [0.25, 0.3) is 0 Å². The quantitative estimate of drug-likeness (QED) is 0.0433. The highest BCUT2D eigenvalue weighted by molar-refractivity contribution is 8.05. The minimum absolute atomic E-state index is 0.0161. The van der Waals surface area contributed by atoms with Crippen LogP contribution in [0.1, 0.15) is 108 Å². The third-order valence-corrected chi connectivity index (χ3v) is 9.09. The molecule has 1 heterocycles. The van der Waals surface area contributed by atoms with Gasteiger partial charge in [0, 0.05) is 24.0 Å². The number of unbranched alkanes of at least 4 members (excludes halogenated alkanes) is 1. The van der Waals surface area contributed by atoms with E-state index in [2.05, 4.69) is 19.3 Å². The number of allylic oxidation sites excluding steroid dienone is 2. The van der Waals surface area contributed by atoms with Crippen LogP contribution in [0.3, 0.4) is 0 Å². The summed E-state index contributed by atoms with van der Waals surface area (Å²) in [5.41, 5.74) is 10.6. The number of hydrogen-bond acceptors (Lipinski definition) is 7. The number of nitrogens with two attached hydrogens (primary N) is 2. The number of anilines is 2. The number of aliphatic carboxylic acids is 1. The van der Waals surface area contributed by atoms with Crippen LogP contribution in [0.2, 0.25) is 0 Å². The molecule has 0 amide bonds. The van der Waals surface area contributed by atoms with Crippen LogP contribution in [0.25, 0.3) is 0 Å². The molecule has 1 aliphatic rings. The maximum Gasteiger partial charge on any atom is 0.340 e. The standard InChI is InChI=1S/C30H47FN4O3S.C2H6/c1-8-10-11-23(39-16-18(4)14-17(3)9-2)25(30(37)38)29(36)24-19(5)20(6)28(26(31)27(24)34-33)35-13-12-22(15-35)21(7)32;1-2/h16-17,21-22,34H,8-15,32-33H2,1-7H3,(H,37,38);1-2H3/b18-16+,25-23-;. The number of Topliss-reactive ketones (excluding diaryl/α,β-unsaturated/α-hetero) is 1. The van der Waals surface area contributed by atoms with Gasteiger partial charge in [-0.3, -0.25) is 10.6 Å². The smallest absolute Gasteiger partial charge is 0.340 e. The van der Waals surface area contributed by atoms with Gasteiger partial charge in [-0.25, -0.2) is 9.18 Å². The molecule has 1 aromatic carbocycles. The molecule has 41 heavy (non-hydrogen) atoms. The van der Waals surface area contributed by atoms with E-state index in [0.29, 0.717) is 47.1 Å². The number of carbonyl (C=O) groups excluding carboxylic acids is 1. The number of carboxylic acids is 1. The van der Waals surface area contributed by atoms with Gasteiger partial charge < -0.3 is 21.2 Å². The van der Waals surface area contributed by atoms with Crippen molar-refractivity contribution in [3.8, 4) is 0 Å². The molecule has 0 aromatic heterocycles. The van der Waals surface area contributed by atoms with Crippen LogP contribution in [0, 0.1) is 31.5 Å². The Bertz CT molecular complexity index is 1120. The Morgan fingerprint density at radius 1 is 1.22 bits per heavy atom. The molecule has 0 aliphatic carbocycles. The number of nitrogen functional groups attached to an aromatic ring is 1. The van der Waals surface area contributed by atoms with Crippen LogP contribution in [0.4, 0.5) is 15.8 Å². The molecule has 2 rings (SSSR count). The van der Waals surface area contributed by atoms with E-state index in [0.717, 1.165) is 37.7 Å². The highest BCUT2D eigenvalue weighted by Crippen LogP contribution is 2.40. The number of carboxylic acid groups (broad SMARTS) is 1. The van der Waals surface area contributed by atoms with Gasteiger partial charge in [-0.1, -0.05) is 53.0 Å². The zero-order valence-corrected chi connectivity index (χ0v) is 27.4. The van der Waals surface area contributed by atoms with Crippen molar-refractivity contribution in [3.63, 3.8) is 0 Å². The number of ketones is 1. The van der Waals surface area contributed by atoms with Gasteiger partial charge >= 0.3 is 5.97 Å². The van der Waals surface area contributed by atoms with Crippen LogP contribution in [-0.2, 0) is 4.79 Å². The third kappa shape index (κ3) is 9.32. The van der Waals surface area contributed by atoms with Crippen LogP contribution < -0.4 is 21.9 Å². The zero-order valence-electron chi connectivity index (χ0n) is 26.6. The first-order valence-electron chi connectivity index (χ1n) is 15.0. The second-order valence-corrected chi connectivity index (χ2v) is 12.0. The second kappa shape index (κ2) is 17.6. The SMILES string of the molecule is CC.CCCC/C(S/C=C(\C)CC(C)CC)=C(/C(=O)O)C(=O)c1c(C)c(C)c(N2CCC(C(C)N)C2)c(F)c1NN. The lowest BCUT2D eigenvalue weighted by Crippen LogP contribution is -2.31. The summed E-state index contributed by atoms with van der Waals surface area (Å²) in [6.07, 6.45) is 4.80. The number of halogens is 1. The van der Waals surface area contributed by atoms with Gasteiger partial charge in [-0.15, -0.1) is 11.8 Å². The molecule has 6 N–H and O–H groups in total. The average Bonchev–Trinajstić information content (AvgIpc) is 3.42. The normalized spacial score (nSPS) is 17.4. The van der Waals surface area contributed by atoms with E-state index < -0.39 is 17.6 Å². The number of hydrazine groups is 1. The lowest BCUT2D eigenvalue weighted by Gasteiger charge is -2.27. The van der Waals surface area contributed by atoms with Crippen LogP contribution in [0.5, 0.6) is 0 Å². The predicted octanol–water partition coefficient (Wildman–Crippen LogP) is 7.71. The van der Waals surface area contributed by atoms with Crippen molar-refractivity contribution in [1.29, 1.82) is 0 Å². The molecule has 9 heteroatoms. The Balaban J connectivity index is 0.00000411. The van der Waals surface area contributed by atoms with Crippen molar-refractivity contribution >= 4 is 34.9 Å². The number of benzene rings is 1. The zero-order chi connectivity index (χ0) is 31.4. The van der Waals surface area contributed by atoms with Gasteiger partial charge in [0.1, 0.15) is 5.57 Å². The van der Waals surface area contributed by atoms with E-state index in [4.69, 9.17) is 11.6 Å². The topological polar surface area (TPSA) is 122 Å². The Morgan fingerprint density at radius 3 is 2.34 bits per heavy atom. The molecule has 0 radical (unpaired) electrons. The highest BCUT2D eigenvalue weighted by Gasteiger charge is 2.34. The third-order valence-electron chi connectivity index (χ3n) is 7.87.